The second kappa shape index (κ2) is 8.85. The average molecular weight is 314 g/mol. The molecule has 0 unspecified atom stereocenters. The molecule has 2 rings (SSSR count). The van der Waals surface area contributed by atoms with Crippen molar-refractivity contribution in [1.82, 2.24) is 0 Å². The number of hydrogen-bond acceptors (Lipinski definition) is 2. The van der Waals surface area contributed by atoms with Crippen LogP contribution in [0.2, 0.25) is 0 Å². The number of benzene rings is 2. The van der Waals surface area contributed by atoms with Gasteiger partial charge >= 0.3 is 7.12 Å². The maximum absolute atomic E-state index is 13.8. The van der Waals surface area contributed by atoms with Gasteiger partial charge in [0.25, 0.3) is 0 Å². The number of halogens is 1. The van der Waals surface area contributed by atoms with Gasteiger partial charge in [0, 0.05) is 5.46 Å². The van der Waals surface area contributed by atoms with E-state index in [1.807, 2.05) is 12.1 Å². The van der Waals surface area contributed by atoms with Gasteiger partial charge in [-0.2, -0.15) is 0 Å². The van der Waals surface area contributed by atoms with Crippen molar-refractivity contribution in [3.63, 3.8) is 0 Å². The maximum Gasteiger partial charge on any atom is 0.491 e. The van der Waals surface area contributed by atoms with Gasteiger partial charge in [0.15, 0.2) is 0 Å². The summed E-state index contributed by atoms with van der Waals surface area (Å²) in [5.41, 5.74) is 2.87. The summed E-state index contributed by atoms with van der Waals surface area (Å²) in [6, 6.07) is 12.6. The van der Waals surface area contributed by atoms with Gasteiger partial charge in [-0.3, -0.25) is 0 Å². The highest BCUT2D eigenvalue weighted by Crippen LogP contribution is 2.21. The summed E-state index contributed by atoms with van der Waals surface area (Å²) in [4.78, 5) is 0. The summed E-state index contributed by atoms with van der Waals surface area (Å²) in [6.07, 6.45) is 7.42. The van der Waals surface area contributed by atoms with Crippen LogP contribution in [0.1, 0.15) is 44.6 Å². The van der Waals surface area contributed by atoms with Crippen molar-refractivity contribution >= 4 is 12.6 Å². The highest BCUT2D eigenvalue weighted by molar-refractivity contribution is 6.58. The molecule has 0 amide bonds. The fourth-order valence-electron chi connectivity index (χ4n) is 2.71. The molecule has 0 heterocycles. The SMILES string of the molecule is CCCCCCCc1ccc(-c2ccc(B(O)O)c(F)c2)cc1. The normalized spacial score (nSPS) is 10.8. The molecular weight excluding hydrogens is 290 g/mol. The predicted molar refractivity (Wildman–Crippen MR) is 94.1 cm³/mol. The van der Waals surface area contributed by atoms with Crippen molar-refractivity contribution in [2.45, 2.75) is 45.4 Å². The molecular formula is C19H24BFO2. The number of hydrogen-bond donors (Lipinski definition) is 2. The second-order valence-electron chi connectivity index (χ2n) is 5.97. The molecule has 0 aliphatic rings. The molecule has 0 spiro atoms. The Morgan fingerprint density at radius 2 is 1.52 bits per heavy atom. The van der Waals surface area contributed by atoms with Crippen LogP contribution in [-0.4, -0.2) is 17.2 Å². The number of unbranched alkanes of at least 4 members (excludes halogenated alkanes) is 4. The molecule has 2 N–H and O–H groups in total. The van der Waals surface area contributed by atoms with E-state index in [1.54, 1.807) is 6.07 Å². The summed E-state index contributed by atoms with van der Waals surface area (Å²) < 4.78 is 13.8. The van der Waals surface area contributed by atoms with E-state index in [2.05, 4.69) is 19.1 Å². The zero-order valence-corrected chi connectivity index (χ0v) is 13.6. The van der Waals surface area contributed by atoms with Gasteiger partial charge in [-0.05, 0) is 35.6 Å². The van der Waals surface area contributed by atoms with Crippen LogP contribution in [0.25, 0.3) is 11.1 Å². The minimum absolute atomic E-state index is 0.0996. The van der Waals surface area contributed by atoms with E-state index in [4.69, 9.17) is 10.0 Å². The van der Waals surface area contributed by atoms with Crippen LogP contribution >= 0.6 is 0 Å². The molecule has 0 saturated heterocycles. The van der Waals surface area contributed by atoms with Crippen molar-refractivity contribution in [2.75, 3.05) is 0 Å². The van der Waals surface area contributed by atoms with Crippen molar-refractivity contribution < 1.29 is 14.4 Å². The molecule has 2 aromatic carbocycles. The Balaban J connectivity index is 1.98. The van der Waals surface area contributed by atoms with Crippen LogP contribution in [0.5, 0.6) is 0 Å². The van der Waals surface area contributed by atoms with Crippen LogP contribution in [0.15, 0.2) is 42.5 Å². The molecule has 0 aromatic heterocycles. The van der Waals surface area contributed by atoms with Crippen LogP contribution in [0, 0.1) is 5.82 Å². The topological polar surface area (TPSA) is 40.5 Å². The Hall–Kier alpha value is -1.65. The van der Waals surface area contributed by atoms with Crippen LogP contribution in [0.3, 0.4) is 0 Å². The largest absolute Gasteiger partial charge is 0.491 e. The lowest BCUT2D eigenvalue weighted by molar-refractivity contribution is 0.423. The zero-order valence-electron chi connectivity index (χ0n) is 13.6. The molecule has 0 fully saturated rings. The first-order chi connectivity index (χ1) is 11.1. The first-order valence-electron chi connectivity index (χ1n) is 8.36. The molecule has 0 aliphatic heterocycles. The summed E-state index contributed by atoms with van der Waals surface area (Å²) >= 11 is 0. The van der Waals surface area contributed by atoms with E-state index in [9.17, 15) is 4.39 Å². The third-order valence-electron chi connectivity index (χ3n) is 4.13. The fourth-order valence-corrected chi connectivity index (χ4v) is 2.71. The van der Waals surface area contributed by atoms with Gasteiger partial charge in [0.2, 0.25) is 0 Å². The van der Waals surface area contributed by atoms with Gasteiger partial charge in [-0.15, -0.1) is 0 Å². The molecule has 0 atom stereocenters. The Morgan fingerprint density at radius 3 is 2.13 bits per heavy atom. The number of aryl methyl sites for hydroxylation is 1. The summed E-state index contributed by atoms with van der Waals surface area (Å²) in [5, 5.41) is 18.1. The molecule has 2 aromatic rings. The summed E-state index contributed by atoms with van der Waals surface area (Å²) in [5.74, 6) is -0.600. The highest BCUT2D eigenvalue weighted by Gasteiger charge is 2.16. The molecule has 2 nitrogen and oxygen atoms in total. The average Bonchev–Trinajstić information content (AvgIpc) is 2.55. The van der Waals surface area contributed by atoms with Gasteiger partial charge < -0.3 is 10.0 Å². The highest BCUT2D eigenvalue weighted by atomic mass is 19.1. The first kappa shape index (κ1) is 17.7. The predicted octanol–water partition coefficient (Wildman–Crippen LogP) is 3.69. The van der Waals surface area contributed by atoms with E-state index in [0.29, 0.717) is 0 Å². The molecule has 4 heteroatoms. The quantitative estimate of drug-likeness (QED) is 0.576. The summed E-state index contributed by atoms with van der Waals surface area (Å²) in [7, 11) is -1.78. The third-order valence-corrected chi connectivity index (χ3v) is 4.13. The Morgan fingerprint density at radius 1 is 0.870 bits per heavy atom. The van der Waals surface area contributed by atoms with Gasteiger partial charge in [-0.1, -0.05) is 69.0 Å². The monoisotopic (exact) mass is 314 g/mol. The van der Waals surface area contributed by atoms with Crippen molar-refractivity contribution in [1.29, 1.82) is 0 Å². The van der Waals surface area contributed by atoms with E-state index in [0.717, 1.165) is 17.5 Å². The number of rotatable bonds is 8. The molecule has 0 bridgehead atoms. The molecule has 0 aliphatic carbocycles. The standard InChI is InChI=1S/C19H24BFO2/c1-2-3-4-5-6-7-15-8-10-16(11-9-15)17-12-13-18(20(22)23)19(21)14-17/h8-14,22-23H,2-7H2,1H3. The molecule has 0 saturated carbocycles. The van der Waals surface area contributed by atoms with E-state index in [1.165, 1.54) is 49.8 Å². The lowest BCUT2D eigenvalue weighted by Crippen LogP contribution is -2.32. The minimum atomic E-state index is -1.78. The van der Waals surface area contributed by atoms with E-state index < -0.39 is 12.9 Å². The molecule has 23 heavy (non-hydrogen) atoms. The van der Waals surface area contributed by atoms with Gasteiger partial charge in [-0.25, -0.2) is 4.39 Å². The van der Waals surface area contributed by atoms with Crippen LogP contribution < -0.4 is 5.46 Å². The molecule has 122 valence electrons. The van der Waals surface area contributed by atoms with Crippen molar-refractivity contribution in [3.8, 4) is 11.1 Å². The Bertz CT molecular complexity index is 611. The van der Waals surface area contributed by atoms with E-state index >= 15 is 0 Å². The van der Waals surface area contributed by atoms with E-state index in [-0.39, 0.29) is 5.46 Å². The fraction of sp³-hybridized carbons (Fsp3) is 0.368. The van der Waals surface area contributed by atoms with Crippen LogP contribution in [0.4, 0.5) is 4.39 Å². The minimum Gasteiger partial charge on any atom is -0.423 e. The Kier molecular flexibility index (Phi) is 6.81. The van der Waals surface area contributed by atoms with Crippen molar-refractivity contribution in [3.05, 3.63) is 53.8 Å². The summed E-state index contributed by atoms with van der Waals surface area (Å²) in [6.45, 7) is 2.22. The first-order valence-corrected chi connectivity index (χ1v) is 8.36. The smallest absolute Gasteiger partial charge is 0.423 e. The second-order valence-corrected chi connectivity index (χ2v) is 5.97. The van der Waals surface area contributed by atoms with Gasteiger partial charge in [0.05, 0.1) is 0 Å². The van der Waals surface area contributed by atoms with Crippen LogP contribution in [-0.2, 0) is 6.42 Å². The zero-order chi connectivity index (χ0) is 16.7. The Labute approximate surface area is 138 Å². The van der Waals surface area contributed by atoms with Gasteiger partial charge in [0.1, 0.15) is 5.82 Å². The third kappa shape index (κ3) is 5.19. The lowest BCUT2D eigenvalue weighted by atomic mass is 9.79. The van der Waals surface area contributed by atoms with Crippen molar-refractivity contribution in [2.24, 2.45) is 0 Å². The maximum atomic E-state index is 13.8. The lowest BCUT2D eigenvalue weighted by Gasteiger charge is -2.07. The molecule has 0 radical (unpaired) electrons.